The van der Waals surface area contributed by atoms with Crippen molar-refractivity contribution in [1.29, 1.82) is 0 Å². The summed E-state index contributed by atoms with van der Waals surface area (Å²) in [5, 5.41) is 3.48. The number of nitrogens with one attached hydrogen (secondary N) is 1. The van der Waals surface area contributed by atoms with Crippen LogP contribution in [-0.2, 0) is 11.2 Å². The zero-order valence-corrected chi connectivity index (χ0v) is 14.2. The SMILES string of the molecule is CC(C)c1ccccc1CC(c1ccccc1)C1CNCCO1. The van der Waals surface area contributed by atoms with Crippen molar-refractivity contribution in [3.63, 3.8) is 0 Å². The van der Waals surface area contributed by atoms with Crippen LogP contribution in [0.4, 0.5) is 0 Å². The summed E-state index contributed by atoms with van der Waals surface area (Å²) in [5.41, 5.74) is 4.28. The first-order chi connectivity index (χ1) is 11.3. The smallest absolute Gasteiger partial charge is 0.0771 e. The molecule has 0 saturated carbocycles. The Labute approximate surface area is 139 Å². The van der Waals surface area contributed by atoms with Crippen LogP contribution in [0.5, 0.6) is 0 Å². The minimum absolute atomic E-state index is 0.242. The van der Waals surface area contributed by atoms with E-state index in [0.717, 1.165) is 26.1 Å². The van der Waals surface area contributed by atoms with Crippen molar-refractivity contribution >= 4 is 0 Å². The Morgan fingerprint density at radius 1 is 1.04 bits per heavy atom. The Balaban J connectivity index is 1.90. The number of hydrogen-bond donors (Lipinski definition) is 1. The molecule has 2 aromatic carbocycles. The van der Waals surface area contributed by atoms with Gasteiger partial charge in [0.05, 0.1) is 12.7 Å². The normalized spacial score (nSPS) is 19.7. The van der Waals surface area contributed by atoms with Crippen LogP contribution >= 0.6 is 0 Å². The first kappa shape index (κ1) is 16.2. The topological polar surface area (TPSA) is 21.3 Å². The molecule has 0 radical (unpaired) electrons. The number of benzene rings is 2. The van der Waals surface area contributed by atoms with Gasteiger partial charge in [-0.2, -0.15) is 0 Å². The maximum atomic E-state index is 6.10. The summed E-state index contributed by atoms with van der Waals surface area (Å²) in [6, 6.07) is 19.7. The lowest BCUT2D eigenvalue weighted by Gasteiger charge is -2.32. The van der Waals surface area contributed by atoms with Crippen molar-refractivity contribution in [3.8, 4) is 0 Å². The van der Waals surface area contributed by atoms with Crippen LogP contribution in [0.15, 0.2) is 54.6 Å². The Morgan fingerprint density at radius 3 is 2.48 bits per heavy atom. The highest BCUT2D eigenvalue weighted by atomic mass is 16.5. The predicted octanol–water partition coefficient (Wildman–Crippen LogP) is 4.12. The van der Waals surface area contributed by atoms with Crippen molar-refractivity contribution in [2.24, 2.45) is 0 Å². The van der Waals surface area contributed by atoms with Crippen LogP contribution in [0.3, 0.4) is 0 Å². The zero-order valence-electron chi connectivity index (χ0n) is 14.2. The molecule has 2 nitrogen and oxygen atoms in total. The van der Waals surface area contributed by atoms with E-state index in [9.17, 15) is 0 Å². The molecule has 1 aliphatic rings. The molecule has 2 unspecified atom stereocenters. The van der Waals surface area contributed by atoms with Gasteiger partial charge in [-0.05, 0) is 29.0 Å². The maximum Gasteiger partial charge on any atom is 0.0771 e. The summed E-state index contributed by atoms with van der Waals surface area (Å²) in [4.78, 5) is 0. The second kappa shape index (κ2) is 7.76. The maximum absolute atomic E-state index is 6.10. The van der Waals surface area contributed by atoms with Crippen LogP contribution in [0.2, 0.25) is 0 Å². The Hall–Kier alpha value is -1.64. The fraction of sp³-hybridized carbons (Fsp3) is 0.429. The number of hydrogen-bond acceptors (Lipinski definition) is 2. The van der Waals surface area contributed by atoms with E-state index in [1.54, 1.807) is 0 Å². The van der Waals surface area contributed by atoms with Gasteiger partial charge in [0.15, 0.2) is 0 Å². The monoisotopic (exact) mass is 309 g/mol. The summed E-state index contributed by atoms with van der Waals surface area (Å²) in [6.07, 6.45) is 1.27. The van der Waals surface area contributed by atoms with Crippen LogP contribution in [0.1, 0.15) is 42.4 Å². The zero-order chi connectivity index (χ0) is 16.1. The van der Waals surface area contributed by atoms with Gasteiger partial charge >= 0.3 is 0 Å². The average Bonchev–Trinajstić information content (AvgIpc) is 2.61. The van der Waals surface area contributed by atoms with Gasteiger partial charge in [-0.25, -0.2) is 0 Å². The van der Waals surface area contributed by atoms with Gasteiger partial charge in [0.25, 0.3) is 0 Å². The van der Waals surface area contributed by atoms with E-state index in [-0.39, 0.29) is 6.10 Å². The third kappa shape index (κ3) is 4.01. The molecule has 1 saturated heterocycles. The highest BCUT2D eigenvalue weighted by Gasteiger charge is 2.27. The van der Waals surface area contributed by atoms with E-state index in [4.69, 9.17) is 4.74 Å². The molecule has 1 heterocycles. The molecular weight excluding hydrogens is 282 g/mol. The highest BCUT2D eigenvalue weighted by molar-refractivity contribution is 5.33. The van der Waals surface area contributed by atoms with E-state index >= 15 is 0 Å². The summed E-state index contributed by atoms with van der Waals surface area (Å²) in [6.45, 7) is 7.24. The lowest BCUT2D eigenvalue weighted by atomic mass is 9.84. The fourth-order valence-electron chi connectivity index (χ4n) is 3.53. The van der Waals surface area contributed by atoms with E-state index < -0.39 is 0 Å². The molecular formula is C21H27NO. The molecule has 1 aliphatic heterocycles. The van der Waals surface area contributed by atoms with E-state index in [2.05, 4.69) is 73.8 Å². The van der Waals surface area contributed by atoms with Crippen molar-refractivity contribution < 1.29 is 4.74 Å². The van der Waals surface area contributed by atoms with Crippen molar-refractivity contribution in [2.75, 3.05) is 19.7 Å². The summed E-state index contributed by atoms with van der Waals surface area (Å²) in [7, 11) is 0. The molecule has 23 heavy (non-hydrogen) atoms. The van der Waals surface area contributed by atoms with E-state index in [0.29, 0.717) is 11.8 Å². The minimum atomic E-state index is 0.242. The van der Waals surface area contributed by atoms with Crippen molar-refractivity contribution in [3.05, 3.63) is 71.3 Å². The lowest BCUT2D eigenvalue weighted by Crippen LogP contribution is -2.42. The van der Waals surface area contributed by atoms with Gasteiger partial charge in [0, 0.05) is 19.0 Å². The van der Waals surface area contributed by atoms with Gasteiger partial charge in [-0.1, -0.05) is 68.4 Å². The standard InChI is InChI=1S/C21H27NO/c1-16(2)19-11-7-6-10-18(19)14-20(17-8-4-3-5-9-17)21-15-22-12-13-23-21/h3-11,16,20-22H,12-15H2,1-2H3. The lowest BCUT2D eigenvalue weighted by molar-refractivity contribution is 0.0110. The second-order valence-electron chi connectivity index (χ2n) is 6.69. The van der Waals surface area contributed by atoms with Gasteiger partial charge in [0.1, 0.15) is 0 Å². The number of morpholine rings is 1. The molecule has 3 rings (SSSR count). The van der Waals surface area contributed by atoms with Gasteiger partial charge in [0.2, 0.25) is 0 Å². The highest BCUT2D eigenvalue weighted by Crippen LogP contribution is 2.30. The van der Waals surface area contributed by atoms with Crippen molar-refractivity contribution in [2.45, 2.75) is 38.2 Å². The largest absolute Gasteiger partial charge is 0.375 e. The molecule has 0 spiro atoms. The molecule has 2 atom stereocenters. The Kier molecular flexibility index (Phi) is 5.47. The van der Waals surface area contributed by atoms with Crippen molar-refractivity contribution in [1.82, 2.24) is 5.32 Å². The van der Waals surface area contributed by atoms with Gasteiger partial charge < -0.3 is 10.1 Å². The molecule has 122 valence electrons. The van der Waals surface area contributed by atoms with E-state index in [1.807, 2.05) is 0 Å². The van der Waals surface area contributed by atoms with Crippen LogP contribution in [0.25, 0.3) is 0 Å². The Bertz CT molecular complexity index is 602. The molecule has 0 aliphatic carbocycles. The van der Waals surface area contributed by atoms with Crippen LogP contribution in [0, 0.1) is 0 Å². The quantitative estimate of drug-likeness (QED) is 0.897. The summed E-state index contributed by atoms with van der Waals surface area (Å²) in [5.74, 6) is 0.942. The molecule has 0 bridgehead atoms. The van der Waals surface area contributed by atoms with Crippen LogP contribution in [-0.4, -0.2) is 25.8 Å². The van der Waals surface area contributed by atoms with E-state index in [1.165, 1.54) is 16.7 Å². The van der Waals surface area contributed by atoms with Crippen LogP contribution < -0.4 is 5.32 Å². The molecule has 1 N–H and O–H groups in total. The van der Waals surface area contributed by atoms with Gasteiger partial charge in [-0.3, -0.25) is 0 Å². The molecule has 1 fully saturated rings. The fourth-order valence-corrected chi connectivity index (χ4v) is 3.53. The summed E-state index contributed by atoms with van der Waals surface area (Å²) >= 11 is 0. The molecule has 2 aromatic rings. The minimum Gasteiger partial charge on any atom is -0.375 e. The summed E-state index contributed by atoms with van der Waals surface area (Å²) < 4.78 is 6.10. The first-order valence-corrected chi connectivity index (χ1v) is 8.70. The third-order valence-electron chi connectivity index (χ3n) is 4.75. The first-order valence-electron chi connectivity index (χ1n) is 8.70. The predicted molar refractivity (Wildman–Crippen MR) is 96.0 cm³/mol. The molecule has 2 heteroatoms. The average molecular weight is 309 g/mol. The second-order valence-corrected chi connectivity index (χ2v) is 6.69. The molecule has 0 amide bonds. The Morgan fingerprint density at radius 2 is 1.78 bits per heavy atom. The third-order valence-corrected chi connectivity index (χ3v) is 4.75. The number of rotatable bonds is 5. The molecule has 0 aromatic heterocycles. The van der Waals surface area contributed by atoms with Gasteiger partial charge in [-0.15, -0.1) is 0 Å². The number of ether oxygens (including phenoxy) is 1.